The number of nitrogens with zero attached hydrogens (tertiary/aromatic N) is 2. The minimum Gasteiger partial charge on any atom is -0.353 e. The Hall–Kier alpha value is -0.610. The highest BCUT2D eigenvalue weighted by atomic mass is 79.9. The number of aryl methyl sites for hydroxylation is 1. The summed E-state index contributed by atoms with van der Waals surface area (Å²) in [7, 11) is 0. The van der Waals surface area contributed by atoms with Crippen molar-refractivity contribution in [1.29, 1.82) is 0 Å². The molecular formula is C11H18BrN3. The van der Waals surface area contributed by atoms with Crippen molar-refractivity contribution in [3.05, 3.63) is 22.3 Å². The SMILES string of the molecule is Cc1nc(N(CCN)C(C)C)ccc1Br. The lowest BCUT2D eigenvalue weighted by Crippen LogP contribution is -2.36. The molecule has 0 fully saturated rings. The fraction of sp³-hybridized carbons (Fsp3) is 0.545. The predicted octanol–water partition coefficient (Wildman–Crippen LogP) is 2.33. The number of rotatable bonds is 4. The highest BCUT2D eigenvalue weighted by Gasteiger charge is 2.11. The maximum atomic E-state index is 5.59. The number of hydrogen-bond donors (Lipinski definition) is 1. The van der Waals surface area contributed by atoms with Crippen molar-refractivity contribution in [2.75, 3.05) is 18.0 Å². The summed E-state index contributed by atoms with van der Waals surface area (Å²) in [5.41, 5.74) is 6.60. The van der Waals surface area contributed by atoms with Crippen LogP contribution in [-0.4, -0.2) is 24.1 Å². The zero-order chi connectivity index (χ0) is 11.4. The molecule has 0 aliphatic carbocycles. The molecule has 1 aromatic heterocycles. The van der Waals surface area contributed by atoms with Crippen LogP contribution in [0.3, 0.4) is 0 Å². The van der Waals surface area contributed by atoms with E-state index in [0.717, 1.165) is 22.5 Å². The first-order chi connectivity index (χ1) is 7.06. The molecule has 1 rings (SSSR count). The standard InChI is InChI=1S/C11H18BrN3/c1-8(2)15(7-6-13)11-5-4-10(12)9(3)14-11/h4-5,8H,6-7,13H2,1-3H3. The topological polar surface area (TPSA) is 42.2 Å². The third-order valence-corrected chi connectivity index (χ3v) is 3.13. The highest BCUT2D eigenvalue weighted by molar-refractivity contribution is 9.10. The van der Waals surface area contributed by atoms with Crippen molar-refractivity contribution in [2.45, 2.75) is 26.8 Å². The van der Waals surface area contributed by atoms with E-state index in [4.69, 9.17) is 5.73 Å². The quantitative estimate of drug-likeness (QED) is 0.914. The van der Waals surface area contributed by atoms with E-state index in [1.165, 1.54) is 0 Å². The first kappa shape index (κ1) is 12.5. The highest BCUT2D eigenvalue weighted by Crippen LogP contribution is 2.20. The molecule has 84 valence electrons. The Morgan fingerprint density at radius 3 is 2.60 bits per heavy atom. The molecule has 0 aliphatic rings. The second kappa shape index (κ2) is 5.47. The van der Waals surface area contributed by atoms with Crippen LogP contribution in [0.25, 0.3) is 0 Å². The van der Waals surface area contributed by atoms with Crippen LogP contribution < -0.4 is 10.6 Å². The Kier molecular flexibility index (Phi) is 4.54. The van der Waals surface area contributed by atoms with Crippen LogP contribution in [0, 0.1) is 6.92 Å². The van der Waals surface area contributed by atoms with Crippen molar-refractivity contribution >= 4 is 21.7 Å². The van der Waals surface area contributed by atoms with Crippen LogP contribution in [0.5, 0.6) is 0 Å². The summed E-state index contributed by atoms with van der Waals surface area (Å²) in [6, 6.07) is 4.47. The Bertz CT molecular complexity index is 326. The number of aromatic nitrogens is 1. The maximum absolute atomic E-state index is 5.59. The Morgan fingerprint density at radius 1 is 1.47 bits per heavy atom. The smallest absolute Gasteiger partial charge is 0.129 e. The van der Waals surface area contributed by atoms with E-state index in [1.807, 2.05) is 19.1 Å². The first-order valence-electron chi connectivity index (χ1n) is 5.16. The van der Waals surface area contributed by atoms with Gasteiger partial charge in [-0.25, -0.2) is 4.98 Å². The summed E-state index contributed by atoms with van der Waals surface area (Å²) >= 11 is 3.45. The Labute approximate surface area is 99.8 Å². The summed E-state index contributed by atoms with van der Waals surface area (Å²) in [4.78, 5) is 6.74. The van der Waals surface area contributed by atoms with Gasteiger partial charge in [-0.1, -0.05) is 0 Å². The molecule has 0 saturated carbocycles. The molecule has 0 saturated heterocycles. The summed E-state index contributed by atoms with van der Waals surface area (Å²) in [5.74, 6) is 0.996. The number of anilines is 1. The minimum absolute atomic E-state index is 0.418. The molecule has 3 nitrogen and oxygen atoms in total. The normalized spacial score (nSPS) is 10.8. The number of hydrogen-bond acceptors (Lipinski definition) is 3. The van der Waals surface area contributed by atoms with Crippen LogP contribution in [0.2, 0.25) is 0 Å². The van der Waals surface area contributed by atoms with Gasteiger partial charge in [0.2, 0.25) is 0 Å². The number of halogens is 1. The van der Waals surface area contributed by atoms with Crippen LogP contribution >= 0.6 is 15.9 Å². The number of nitrogens with two attached hydrogens (primary N) is 1. The molecule has 0 bridgehead atoms. The zero-order valence-corrected chi connectivity index (χ0v) is 11.1. The zero-order valence-electron chi connectivity index (χ0n) is 9.50. The molecule has 2 N–H and O–H groups in total. The summed E-state index contributed by atoms with van der Waals surface area (Å²) in [5, 5.41) is 0. The lowest BCUT2D eigenvalue weighted by Gasteiger charge is -2.27. The Balaban J connectivity index is 2.95. The largest absolute Gasteiger partial charge is 0.353 e. The molecule has 1 aromatic rings. The van der Waals surface area contributed by atoms with Gasteiger partial charge in [0.15, 0.2) is 0 Å². The summed E-state index contributed by atoms with van der Waals surface area (Å²) in [6.07, 6.45) is 0. The monoisotopic (exact) mass is 271 g/mol. The van der Waals surface area contributed by atoms with E-state index >= 15 is 0 Å². The van der Waals surface area contributed by atoms with Crippen molar-refractivity contribution in [3.63, 3.8) is 0 Å². The van der Waals surface area contributed by atoms with Crippen molar-refractivity contribution in [1.82, 2.24) is 4.98 Å². The maximum Gasteiger partial charge on any atom is 0.129 e. The molecule has 0 spiro atoms. The van der Waals surface area contributed by atoms with Crippen molar-refractivity contribution < 1.29 is 0 Å². The second-order valence-electron chi connectivity index (χ2n) is 3.81. The molecule has 0 unspecified atom stereocenters. The third kappa shape index (κ3) is 3.18. The van der Waals surface area contributed by atoms with Crippen LogP contribution in [0.15, 0.2) is 16.6 Å². The third-order valence-electron chi connectivity index (χ3n) is 2.29. The fourth-order valence-corrected chi connectivity index (χ4v) is 1.69. The van der Waals surface area contributed by atoms with Gasteiger partial charge in [0.25, 0.3) is 0 Å². The van der Waals surface area contributed by atoms with Crippen LogP contribution in [0.4, 0.5) is 5.82 Å². The van der Waals surface area contributed by atoms with Crippen LogP contribution in [-0.2, 0) is 0 Å². The molecule has 0 atom stereocenters. The van der Waals surface area contributed by atoms with Gasteiger partial charge in [0.1, 0.15) is 5.82 Å². The average Bonchev–Trinajstić information content (AvgIpc) is 2.18. The van der Waals surface area contributed by atoms with E-state index in [-0.39, 0.29) is 0 Å². The van der Waals surface area contributed by atoms with Crippen molar-refractivity contribution in [2.24, 2.45) is 5.73 Å². The van der Waals surface area contributed by atoms with Gasteiger partial charge >= 0.3 is 0 Å². The van der Waals surface area contributed by atoms with Crippen LogP contribution in [0.1, 0.15) is 19.5 Å². The minimum atomic E-state index is 0.418. The first-order valence-corrected chi connectivity index (χ1v) is 5.95. The molecule has 15 heavy (non-hydrogen) atoms. The molecule has 0 aliphatic heterocycles. The number of pyridine rings is 1. The van der Waals surface area contributed by atoms with Gasteiger partial charge in [-0.3, -0.25) is 0 Å². The van der Waals surface area contributed by atoms with Gasteiger partial charge in [-0.15, -0.1) is 0 Å². The summed E-state index contributed by atoms with van der Waals surface area (Å²) < 4.78 is 1.04. The molecule has 4 heteroatoms. The van der Waals surface area contributed by atoms with Gasteiger partial charge in [-0.05, 0) is 48.8 Å². The van der Waals surface area contributed by atoms with Gasteiger partial charge in [0.05, 0.1) is 5.69 Å². The van der Waals surface area contributed by atoms with Gasteiger partial charge in [-0.2, -0.15) is 0 Å². The molecule has 0 aromatic carbocycles. The summed E-state index contributed by atoms with van der Waals surface area (Å²) in [6.45, 7) is 7.78. The molecule has 0 amide bonds. The molecule has 0 radical (unpaired) electrons. The lowest BCUT2D eigenvalue weighted by atomic mass is 10.3. The molecule has 1 heterocycles. The average molecular weight is 272 g/mol. The van der Waals surface area contributed by atoms with E-state index < -0.39 is 0 Å². The second-order valence-corrected chi connectivity index (χ2v) is 4.67. The van der Waals surface area contributed by atoms with Gasteiger partial charge in [0, 0.05) is 23.6 Å². The van der Waals surface area contributed by atoms with Crippen molar-refractivity contribution in [3.8, 4) is 0 Å². The van der Waals surface area contributed by atoms with E-state index in [0.29, 0.717) is 12.6 Å². The van der Waals surface area contributed by atoms with E-state index in [1.54, 1.807) is 0 Å². The van der Waals surface area contributed by atoms with E-state index in [9.17, 15) is 0 Å². The Morgan fingerprint density at radius 2 is 2.13 bits per heavy atom. The van der Waals surface area contributed by atoms with E-state index in [2.05, 4.69) is 39.7 Å². The van der Waals surface area contributed by atoms with Gasteiger partial charge < -0.3 is 10.6 Å². The predicted molar refractivity (Wildman–Crippen MR) is 68.2 cm³/mol. The fourth-order valence-electron chi connectivity index (χ4n) is 1.47. The lowest BCUT2D eigenvalue weighted by molar-refractivity contribution is 0.673. The molecular weight excluding hydrogens is 254 g/mol.